The first-order valence-corrected chi connectivity index (χ1v) is 12.8. The van der Waals surface area contributed by atoms with Gasteiger partial charge in [0.1, 0.15) is 6.04 Å². The summed E-state index contributed by atoms with van der Waals surface area (Å²) in [5, 5.41) is 8.53. The van der Waals surface area contributed by atoms with Crippen LogP contribution in [0.15, 0.2) is 42.5 Å². The van der Waals surface area contributed by atoms with Crippen LogP contribution in [0.2, 0.25) is 0 Å². The van der Waals surface area contributed by atoms with Gasteiger partial charge in [0.05, 0.1) is 0 Å². The molecule has 2 aromatic carbocycles. The lowest BCUT2D eigenvalue weighted by molar-refractivity contribution is -0.136. The molecule has 2 aliphatic heterocycles. The highest BCUT2D eigenvalue weighted by atomic mass is 16.2. The van der Waals surface area contributed by atoms with Crippen LogP contribution in [0.4, 0.5) is 5.69 Å². The Morgan fingerprint density at radius 2 is 1.76 bits per heavy atom. The standard InChI is InChI=1S/C29H30N4O4/c1-30-21-13-9-20(10-14-21)27(35)31-22-11-6-18(7-12-22)5-8-19-3-2-4-23-24(19)17-33(29(23)37)25-15-16-26(34)32-28(25)36/h2-4,9-10,13-14,18,22,25,30H,6-7,11-12,15-17H2,1H3,(H,31,35)(H,32,34,36). The maximum Gasteiger partial charge on any atom is 0.255 e. The molecule has 8 nitrogen and oxygen atoms in total. The molecular weight excluding hydrogens is 468 g/mol. The minimum Gasteiger partial charge on any atom is -0.388 e. The lowest BCUT2D eigenvalue weighted by Gasteiger charge is -2.29. The Balaban J connectivity index is 1.19. The second-order valence-corrected chi connectivity index (χ2v) is 9.85. The Morgan fingerprint density at radius 3 is 2.46 bits per heavy atom. The summed E-state index contributed by atoms with van der Waals surface area (Å²) in [4.78, 5) is 51.0. The fourth-order valence-electron chi connectivity index (χ4n) is 5.32. The Bertz CT molecular complexity index is 1300. The van der Waals surface area contributed by atoms with E-state index in [0.717, 1.165) is 42.5 Å². The molecule has 1 saturated carbocycles. The Morgan fingerprint density at radius 1 is 1.00 bits per heavy atom. The summed E-state index contributed by atoms with van der Waals surface area (Å²) >= 11 is 0. The number of carbonyl (C=O) groups excluding carboxylic acids is 4. The molecule has 0 spiro atoms. The van der Waals surface area contributed by atoms with Gasteiger partial charge >= 0.3 is 0 Å². The lowest BCUT2D eigenvalue weighted by Crippen LogP contribution is -2.52. The number of nitrogens with zero attached hydrogens (tertiary/aromatic N) is 1. The van der Waals surface area contributed by atoms with E-state index in [4.69, 9.17) is 0 Å². The predicted octanol–water partition coefficient (Wildman–Crippen LogP) is 2.83. The van der Waals surface area contributed by atoms with E-state index in [9.17, 15) is 19.2 Å². The van der Waals surface area contributed by atoms with Gasteiger partial charge in [0.25, 0.3) is 11.8 Å². The maximum atomic E-state index is 13.0. The van der Waals surface area contributed by atoms with Crippen molar-refractivity contribution < 1.29 is 19.2 Å². The summed E-state index contributed by atoms with van der Waals surface area (Å²) in [6.45, 7) is 0.319. The quantitative estimate of drug-likeness (QED) is 0.444. The number of carbonyl (C=O) groups is 4. The van der Waals surface area contributed by atoms with Crippen molar-refractivity contribution >= 4 is 29.3 Å². The largest absolute Gasteiger partial charge is 0.388 e. The fourth-order valence-corrected chi connectivity index (χ4v) is 5.32. The summed E-state index contributed by atoms with van der Waals surface area (Å²) in [6, 6.07) is 12.4. The zero-order valence-corrected chi connectivity index (χ0v) is 20.8. The van der Waals surface area contributed by atoms with Crippen LogP contribution in [-0.2, 0) is 16.1 Å². The van der Waals surface area contributed by atoms with E-state index in [0.29, 0.717) is 24.1 Å². The van der Waals surface area contributed by atoms with Crippen LogP contribution in [0, 0.1) is 17.8 Å². The molecule has 3 aliphatic rings. The van der Waals surface area contributed by atoms with Crippen molar-refractivity contribution in [3.63, 3.8) is 0 Å². The first-order chi connectivity index (χ1) is 17.9. The van der Waals surface area contributed by atoms with Crippen molar-refractivity contribution in [2.24, 2.45) is 5.92 Å². The maximum absolute atomic E-state index is 13.0. The third-order valence-electron chi connectivity index (χ3n) is 7.49. The Hall–Kier alpha value is -4.12. The number of hydrogen-bond acceptors (Lipinski definition) is 5. The third-order valence-corrected chi connectivity index (χ3v) is 7.49. The molecule has 1 saturated heterocycles. The summed E-state index contributed by atoms with van der Waals surface area (Å²) in [6.07, 6.45) is 4.10. The minimum absolute atomic E-state index is 0.0535. The molecule has 0 aromatic heterocycles. The predicted molar refractivity (Wildman–Crippen MR) is 139 cm³/mol. The number of fused-ring (bicyclic) bond motifs is 1. The van der Waals surface area contributed by atoms with Crippen LogP contribution in [0.1, 0.15) is 70.4 Å². The molecule has 190 valence electrons. The zero-order chi connectivity index (χ0) is 25.9. The van der Waals surface area contributed by atoms with Crippen molar-refractivity contribution in [3.8, 4) is 11.8 Å². The van der Waals surface area contributed by atoms with Gasteiger partial charge in [-0.2, -0.15) is 0 Å². The van der Waals surface area contributed by atoms with E-state index < -0.39 is 11.9 Å². The lowest BCUT2D eigenvalue weighted by atomic mass is 9.86. The van der Waals surface area contributed by atoms with Crippen LogP contribution < -0.4 is 16.0 Å². The Labute approximate surface area is 216 Å². The summed E-state index contributed by atoms with van der Waals surface area (Å²) < 4.78 is 0. The van der Waals surface area contributed by atoms with Crippen LogP contribution in [-0.4, -0.2) is 47.7 Å². The van der Waals surface area contributed by atoms with Crippen LogP contribution in [0.3, 0.4) is 0 Å². The average molecular weight is 499 g/mol. The molecule has 1 aliphatic carbocycles. The molecule has 2 heterocycles. The molecule has 0 bridgehead atoms. The molecule has 2 fully saturated rings. The van der Waals surface area contributed by atoms with E-state index in [1.807, 2.05) is 43.4 Å². The van der Waals surface area contributed by atoms with Crippen LogP contribution in [0.25, 0.3) is 0 Å². The van der Waals surface area contributed by atoms with Crippen molar-refractivity contribution in [2.75, 3.05) is 12.4 Å². The number of piperidine rings is 1. The number of imide groups is 1. The van der Waals surface area contributed by atoms with Gasteiger partial charge in [0, 0.05) is 54.4 Å². The molecule has 0 radical (unpaired) electrons. The smallest absolute Gasteiger partial charge is 0.255 e. The highest BCUT2D eigenvalue weighted by Gasteiger charge is 2.39. The molecule has 3 N–H and O–H groups in total. The van der Waals surface area contributed by atoms with Gasteiger partial charge in [-0.1, -0.05) is 17.9 Å². The SMILES string of the molecule is CNc1ccc(C(=O)NC2CCC(C#Cc3cccc4c3CN(C3CCC(=O)NC3=O)C4=O)CC2)cc1. The van der Waals surface area contributed by atoms with Gasteiger partial charge in [-0.15, -0.1) is 0 Å². The third kappa shape index (κ3) is 5.21. The molecule has 1 atom stereocenters. The van der Waals surface area contributed by atoms with Crippen LogP contribution in [0.5, 0.6) is 0 Å². The van der Waals surface area contributed by atoms with E-state index >= 15 is 0 Å². The number of rotatable bonds is 4. The van der Waals surface area contributed by atoms with E-state index in [-0.39, 0.29) is 36.1 Å². The number of amides is 4. The average Bonchev–Trinajstić information content (AvgIpc) is 3.25. The number of hydrogen-bond donors (Lipinski definition) is 3. The second-order valence-electron chi connectivity index (χ2n) is 9.85. The van der Waals surface area contributed by atoms with Gasteiger partial charge in [0.2, 0.25) is 11.8 Å². The molecule has 1 unspecified atom stereocenters. The van der Waals surface area contributed by atoms with Gasteiger partial charge in [-0.25, -0.2) is 0 Å². The first kappa shape index (κ1) is 24.6. The monoisotopic (exact) mass is 498 g/mol. The minimum atomic E-state index is -0.634. The van der Waals surface area contributed by atoms with E-state index in [2.05, 4.69) is 27.8 Å². The first-order valence-electron chi connectivity index (χ1n) is 12.8. The summed E-state index contributed by atoms with van der Waals surface area (Å²) in [5.74, 6) is 5.95. The molecule has 8 heteroatoms. The molecule has 4 amide bonds. The summed E-state index contributed by atoms with van der Waals surface area (Å²) in [7, 11) is 1.84. The van der Waals surface area contributed by atoms with Gasteiger partial charge < -0.3 is 15.5 Å². The van der Waals surface area contributed by atoms with Crippen molar-refractivity contribution in [1.82, 2.24) is 15.5 Å². The number of nitrogens with one attached hydrogen (secondary N) is 3. The van der Waals surface area contributed by atoms with E-state index in [1.165, 1.54) is 0 Å². The number of benzene rings is 2. The fraction of sp³-hybridized carbons (Fsp3) is 0.379. The molecule has 2 aromatic rings. The molecule has 5 rings (SSSR count). The van der Waals surface area contributed by atoms with Gasteiger partial charge in [-0.3, -0.25) is 24.5 Å². The topological polar surface area (TPSA) is 108 Å². The van der Waals surface area contributed by atoms with Crippen molar-refractivity contribution in [1.29, 1.82) is 0 Å². The summed E-state index contributed by atoms with van der Waals surface area (Å²) in [5.41, 5.74) is 3.84. The second kappa shape index (κ2) is 10.5. The highest BCUT2D eigenvalue weighted by Crippen LogP contribution is 2.30. The highest BCUT2D eigenvalue weighted by molar-refractivity contribution is 6.05. The van der Waals surface area contributed by atoms with Crippen molar-refractivity contribution in [3.05, 3.63) is 64.7 Å². The number of anilines is 1. The van der Waals surface area contributed by atoms with Crippen molar-refractivity contribution in [2.45, 2.75) is 57.2 Å². The van der Waals surface area contributed by atoms with Gasteiger partial charge in [0.15, 0.2) is 0 Å². The Kier molecular flexibility index (Phi) is 6.95. The van der Waals surface area contributed by atoms with E-state index in [1.54, 1.807) is 11.0 Å². The zero-order valence-electron chi connectivity index (χ0n) is 20.8. The normalized spacial score (nSPS) is 23.0. The van der Waals surface area contributed by atoms with Gasteiger partial charge in [-0.05, 0) is 74.1 Å². The molecule has 37 heavy (non-hydrogen) atoms. The molecular formula is C29H30N4O4. The van der Waals surface area contributed by atoms with Crippen LogP contribution >= 0.6 is 0 Å².